The van der Waals surface area contributed by atoms with E-state index in [-0.39, 0.29) is 24.2 Å². The number of hydrogen-bond donors (Lipinski definition) is 2. The van der Waals surface area contributed by atoms with Gasteiger partial charge >= 0.3 is 12.1 Å². The first-order valence-corrected chi connectivity index (χ1v) is 11.5. The van der Waals surface area contributed by atoms with Crippen LogP contribution in [0.2, 0.25) is 0 Å². The molecule has 0 spiro atoms. The Labute approximate surface area is 192 Å². The molecule has 33 heavy (non-hydrogen) atoms. The van der Waals surface area contributed by atoms with E-state index in [4.69, 9.17) is 4.74 Å². The summed E-state index contributed by atoms with van der Waals surface area (Å²) >= 11 is 0. The first-order chi connectivity index (χ1) is 15.7. The molecule has 1 aromatic carbocycles. The first kappa shape index (κ1) is 27.0. The molecule has 0 bridgehead atoms. The Bertz CT molecular complexity index is 769. The zero-order chi connectivity index (χ0) is 24.3. The van der Waals surface area contributed by atoms with E-state index >= 15 is 0 Å². The molecular weight excluding hydrogens is 439 g/mol. The van der Waals surface area contributed by atoms with Gasteiger partial charge in [0.15, 0.2) is 0 Å². The van der Waals surface area contributed by atoms with E-state index in [2.05, 4.69) is 9.89 Å². The number of ether oxygens (including phenoxy) is 2. The fraction of sp³-hybridized carbons (Fsp3) is 0.667. The Morgan fingerprint density at radius 1 is 1.21 bits per heavy atom. The number of esters is 1. The van der Waals surface area contributed by atoms with Crippen molar-refractivity contribution in [1.29, 1.82) is 0 Å². The molecule has 1 aromatic rings. The van der Waals surface area contributed by atoms with Gasteiger partial charge in [0.2, 0.25) is 0 Å². The van der Waals surface area contributed by atoms with Gasteiger partial charge in [-0.15, -0.1) is 0 Å². The van der Waals surface area contributed by atoms with Crippen molar-refractivity contribution >= 4 is 11.7 Å². The van der Waals surface area contributed by atoms with E-state index in [0.717, 1.165) is 62.8 Å². The number of carbonyl (C=O) groups excluding carboxylic acids is 1. The molecule has 3 atom stereocenters. The van der Waals surface area contributed by atoms with Crippen LogP contribution >= 0.6 is 0 Å². The molecule has 6 nitrogen and oxygen atoms in total. The predicted molar refractivity (Wildman–Crippen MR) is 117 cm³/mol. The number of methoxy groups -OCH3 is 1. The SMILES string of the molecule is COC(=O)CCCCCC[C@H]1CC/C(=N/O)C1CC[C@@H](O)COc1cccc(C(F)(F)F)c1. The summed E-state index contributed by atoms with van der Waals surface area (Å²) in [6.45, 7) is -0.107. The Balaban J connectivity index is 1.74. The number of carbonyl (C=O) groups is 1. The first-order valence-electron chi connectivity index (χ1n) is 11.5. The van der Waals surface area contributed by atoms with E-state index in [1.54, 1.807) is 0 Å². The number of benzene rings is 1. The smallest absolute Gasteiger partial charge is 0.416 e. The van der Waals surface area contributed by atoms with Gasteiger partial charge in [-0.05, 0) is 62.6 Å². The molecule has 1 aliphatic carbocycles. The number of nitrogens with zero attached hydrogens (tertiary/aromatic N) is 1. The van der Waals surface area contributed by atoms with Crippen LogP contribution in [0, 0.1) is 11.8 Å². The molecule has 1 saturated carbocycles. The number of unbranched alkanes of at least 4 members (excludes halogenated alkanes) is 3. The second kappa shape index (κ2) is 13.4. The lowest BCUT2D eigenvalue weighted by molar-refractivity contribution is -0.140. The van der Waals surface area contributed by atoms with Gasteiger partial charge in [-0.25, -0.2) is 0 Å². The van der Waals surface area contributed by atoms with Crippen molar-refractivity contribution in [3.05, 3.63) is 29.8 Å². The molecular formula is C24H34F3NO5. The van der Waals surface area contributed by atoms with Gasteiger partial charge in [0.25, 0.3) is 0 Å². The van der Waals surface area contributed by atoms with Gasteiger partial charge in [-0.1, -0.05) is 30.5 Å². The zero-order valence-corrected chi connectivity index (χ0v) is 19.0. The van der Waals surface area contributed by atoms with Crippen LogP contribution in [-0.2, 0) is 15.7 Å². The summed E-state index contributed by atoms with van der Waals surface area (Å²) in [6.07, 6.45) is 2.62. The normalized spacial score (nSPS) is 20.7. The monoisotopic (exact) mass is 473 g/mol. The summed E-state index contributed by atoms with van der Waals surface area (Å²) in [6, 6.07) is 4.59. The summed E-state index contributed by atoms with van der Waals surface area (Å²) in [5.41, 5.74) is -0.0472. The number of aliphatic hydroxyl groups excluding tert-OH is 1. The van der Waals surface area contributed by atoms with E-state index in [1.165, 1.54) is 19.2 Å². The number of hydrogen-bond acceptors (Lipinski definition) is 6. The molecule has 1 aliphatic rings. The molecule has 0 saturated heterocycles. The predicted octanol–water partition coefficient (Wildman–Crippen LogP) is 5.60. The van der Waals surface area contributed by atoms with Gasteiger partial charge in [0.1, 0.15) is 12.4 Å². The molecule has 0 heterocycles. The largest absolute Gasteiger partial charge is 0.491 e. The highest BCUT2D eigenvalue weighted by Gasteiger charge is 2.33. The van der Waals surface area contributed by atoms with Crippen molar-refractivity contribution in [1.82, 2.24) is 0 Å². The van der Waals surface area contributed by atoms with E-state index in [1.807, 2.05) is 0 Å². The Morgan fingerprint density at radius 3 is 2.67 bits per heavy atom. The van der Waals surface area contributed by atoms with Crippen molar-refractivity contribution in [3.63, 3.8) is 0 Å². The second-order valence-electron chi connectivity index (χ2n) is 8.59. The highest BCUT2D eigenvalue weighted by molar-refractivity contribution is 5.88. The average Bonchev–Trinajstić information content (AvgIpc) is 3.19. The maximum absolute atomic E-state index is 12.8. The highest BCUT2D eigenvalue weighted by Crippen LogP contribution is 2.37. The lowest BCUT2D eigenvalue weighted by Gasteiger charge is -2.21. The molecule has 0 amide bonds. The molecule has 186 valence electrons. The summed E-state index contributed by atoms with van der Waals surface area (Å²) < 4.78 is 48.4. The van der Waals surface area contributed by atoms with Crippen LogP contribution in [-0.4, -0.2) is 41.8 Å². The van der Waals surface area contributed by atoms with Gasteiger partial charge in [-0.3, -0.25) is 4.79 Å². The van der Waals surface area contributed by atoms with Crippen molar-refractivity contribution in [3.8, 4) is 5.75 Å². The molecule has 0 radical (unpaired) electrons. The van der Waals surface area contributed by atoms with E-state index in [9.17, 15) is 28.3 Å². The van der Waals surface area contributed by atoms with E-state index < -0.39 is 17.8 Å². The summed E-state index contributed by atoms with van der Waals surface area (Å²) in [5, 5.41) is 23.1. The van der Waals surface area contributed by atoms with E-state index in [0.29, 0.717) is 25.2 Å². The number of rotatable bonds is 13. The van der Waals surface area contributed by atoms with Crippen molar-refractivity contribution in [2.75, 3.05) is 13.7 Å². The minimum atomic E-state index is -4.45. The maximum atomic E-state index is 12.8. The van der Waals surface area contributed by atoms with Gasteiger partial charge < -0.3 is 19.8 Å². The standard InChI is InChI=1S/C24H34F3NO5/c1-32-23(30)10-5-3-2-4-7-17-11-14-22(28-31)21(17)13-12-19(29)16-33-20-9-6-8-18(15-20)24(25,26)27/h6,8-9,15,17,19,21,29,31H,2-5,7,10-14,16H2,1H3/b28-22-/t17-,19+,21?/m0/s1. The third-order valence-electron chi connectivity index (χ3n) is 6.24. The molecule has 9 heteroatoms. The Morgan fingerprint density at radius 2 is 1.97 bits per heavy atom. The molecule has 0 aromatic heterocycles. The maximum Gasteiger partial charge on any atom is 0.416 e. The number of alkyl halides is 3. The third-order valence-corrected chi connectivity index (χ3v) is 6.24. The van der Waals surface area contributed by atoms with Crippen LogP contribution in [0.5, 0.6) is 5.75 Å². The van der Waals surface area contributed by atoms with Crippen LogP contribution in [0.25, 0.3) is 0 Å². The fourth-order valence-corrected chi connectivity index (χ4v) is 4.41. The van der Waals surface area contributed by atoms with Crippen molar-refractivity contribution in [2.45, 2.75) is 76.5 Å². The topological polar surface area (TPSA) is 88.4 Å². The number of oxime groups is 1. The van der Waals surface area contributed by atoms with Crippen LogP contribution < -0.4 is 4.74 Å². The second-order valence-corrected chi connectivity index (χ2v) is 8.59. The zero-order valence-electron chi connectivity index (χ0n) is 19.0. The molecule has 0 aliphatic heterocycles. The Hall–Kier alpha value is -2.29. The third kappa shape index (κ3) is 9.23. The van der Waals surface area contributed by atoms with Gasteiger partial charge in [0, 0.05) is 12.3 Å². The summed E-state index contributed by atoms with van der Waals surface area (Å²) in [4.78, 5) is 11.1. The minimum Gasteiger partial charge on any atom is -0.491 e. The molecule has 1 fully saturated rings. The van der Waals surface area contributed by atoms with Crippen molar-refractivity contribution < 1.29 is 37.8 Å². The summed E-state index contributed by atoms with van der Waals surface area (Å²) in [5.74, 6) is 0.319. The number of halogens is 3. The lowest BCUT2D eigenvalue weighted by Crippen LogP contribution is -2.22. The quantitative estimate of drug-likeness (QED) is 0.169. The summed E-state index contributed by atoms with van der Waals surface area (Å²) in [7, 11) is 1.39. The Kier molecular flexibility index (Phi) is 11.0. The highest BCUT2D eigenvalue weighted by atomic mass is 19.4. The molecule has 2 N–H and O–H groups in total. The van der Waals surface area contributed by atoms with Crippen LogP contribution in [0.15, 0.2) is 29.4 Å². The van der Waals surface area contributed by atoms with Gasteiger partial charge in [-0.2, -0.15) is 13.2 Å². The van der Waals surface area contributed by atoms with Crippen LogP contribution in [0.4, 0.5) is 13.2 Å². The van der Waals surface area contributed by atoms with Crippen LogP contribution in [0.3, 0.4) is 0 Å². The van der Waals surface area contributed by atoms with Crippen molar-refractivity contribution in [2.24, 2.45) is 17.0 Å². The molecule has 1 unspecified atom stereocenters. The van der Waals surface area contributed by atoms with Crippen LogP contribution in [0.1, 0.15) is 69.8 Å². The van der Waals surface area contributed by atoms with Gasteiger partial charge in [0.05, 0.1) is 24.5 Å². The minimum absolute atomic E-state index is 0.0624. The number of aliphatic hydroxyl groups is 1. The average molecular weight is 474 g/mol. The fourth-order valence-electron chi connectivity index (χ4n) is 4.41. The molecule has 2 rings (SSSR count). The lowest BCUT2D eigenvalue weighted by atomic mass is 9.86.